The number of anilines is 1. The van der Waals surface area contributed by atoms with Crippen LogP contribution in [0.5, 0.6) is 0 Å². The van der Waals surface area contributed by atoms with E-state index in [-0.39, 0.29) is 5.82 Å². The quantitative estimate of drug-likeness (QED) is 0.768. The molecule has 0 atom stereocenters. The van der Waals surface area contributed by atoms with Crippen LogP contribution in [0.3, 0.4) is 0 Å². The highest BCUT2D eigenvalue weighted by atomic mass is 19.1. The molecule has 0 bridgehead atoms. The molecule has 19 heavy (non-hydrogen) atoms. The fourth-order valence-electron chi connectivity index (χ4n) is 2.47. The lowest BCUT2D eigenvalue weighted by Gasteiger charge is -2.29. The van der Waals surface area contributed by atoms with Gasteiger partial charge in [0.1, 0.15) is 12.1 Å². The van der Waals surface area contributed by atoms with Crippen LogP contribution < -0.4 is 9.47 Å². The molecule has 1 aliphatic heterocycles. The standard InChI is InChI=1S/C14H17FN3O/c1-2-17-4-3-16-12-10-13(11(15)9-14(12)17)18-5-7-19-8-6-18/h3-4,9-10H,2,5-8H2,1H3/q+1. The molecule has 100 valence electrons. The zero-order chi connectivity index (χ0) is 13.2. The fraction of sp³-hybridized carbons (Fsp3) is 0.429. The summed E-state index contributed by atoms with van der Waals surface area (Å²) in [6.07, 6.45) is 3.63. The number of halogens is 1. The summed E-state index contributed by atoms with van der Waals surface area (Å²) in [5.41, 5.74) is 2.28. The summed E-state index contributed by atoms with van der Waals surface area (Å²) in [6, 6.07) is 3.42. The van der Waals surface area contributed by atoms with Gasteiger partial charge in [0.05, 0.1) is 31.2 Å². The van der Waals surface area contributed by atoms with Gasteiger partial charge in [-0.3, -0.25) is 0 Å². The molecule has 2 aromatic rings. The van der Waals surface area contributed by atoms with E-state index in [4.69, 9.17) is 4.74 Å². The van der Waals surface area contributed by atoms with Crippen molar-refractivity contribution in [3.8, 4) is 0 Å². The van der Waals surface area contributed by atoms with Gasteiger partial charge in [-0.15, -0.1) is 0 Å². The van der Waals surface area contributed by atoms with E-state index >= 15 is 0 Å². The van der Waals surface area contributed by atoms with E-state index in [9.17, 15) is 4.39 Å². The molecule has 5 heteroatoms. The molecule has 1 saturated heterocycles. The highest BCUT2D eigenvalue weighted by Gasteiger charge is 2.19. The molecule has 0 radical (unpaired) electrons. The Kier molecular flexibility index (Phi) is 3.29. The third kappa shape index (κ3) is 2.26. The van der Waals surface area contributed by atoms with Crippen molar-refractivity contribution in [1.82, 2.24) is 4.98 Å². The lowest BCUT2D eigenvalue weighted by molar-refractivity contribution is -0.668. The number of aryl methyl sites for hydroxylation is 1. The maximum Gasteiger partial charge on any atom is 0.234 e. The number of hydrogen-bond donors (Lipinski definition) is 0. The minimum absolute atomic E-state index is 0.190. The van der Waals surface area contributed by atoms with Crippen molar-refractivity contribution in [2.75, 3.05) is 31.2 Å². The first kappa shape index (κ1) is 12.3. The summed E-state index contributed by atoms with van der Waals surface area (Å²) in [4.78, 5) is 6.36. The summed E-state index contributed by atoms with van der Waals surface area (Å²) >= 11 is 0. The number of rotatable bonds is 2. The Morgan fingerprint density at radius 3 is 2.89 bits per heavy atom. The molecule has 1 aromatic heterocycles. The normalized spacial score (nSPS) is 16.0. The summed E-state index contributed by atoms with van der Waals surface area (Å²) in [7, 11) is 0. The molecular weight excluding hydrogens is 245 g/mol. The Labute approximate surface area is 111 Å². The smallest absolute Gasteiger partial charge is 0.234 e. The van der Waals surface area contributed by atoms with Crippen LogP contribution in [0.15, 0.2) is 24.5 Å². The number of benzene rings is 1. The molecule has 3 rings (SSSR count). The van der Waals surface area contributed by atoms with Crippen molar-refractivity contribution in [3.05, 3.63) is 30.3 Å². The average Bonchev–Trinajstić information content (AvgIpc) is 2.47. The van der Waals surface area contributed by atoms with Crippen LogP contribution in [0.1, 0.15) is 6.92 Å². The van der Waals surface area contributed by atoms with E-state index < -0.39 is 0 Å². The number of fused-ring (bicyclic) bond motifs is 1. The van der Waals surface area contributed by atoms with Crippen LogP contribution in [0, 0.1) is 5.82 Å². The number of nitrogens with zero attached hydrogens (tertiary/aromatic N) is 3. The second kappa shape index (κ2) is 5.09. The van der Waals surface area contributed by atoms with E-state index in [1.54, 1.807) is 12.3 Å². The predicted molar refractivity (Wildman–Crippen MR) is 70.6 cm³/mol. The lowest BCUT2D eigenvalue weighted by Crippen LogP contribution is -2.37. The zero-order valence-electron chi connectivity index (χ0n) is 11.0. The second-order valence-electron chi connectivity index (χ2n) is 4.61. The largest absolute Gasteiger partial charge is 0.378 e. The first-order valence-corrected chi connectivity index (χ1v) is 6.60. The van der Waals surface area contributed by atoms with Gasteiger partial charge in [0.15, 0.2) is 12.0 Å². The first-order valence-electron chi connectivity index (χ1n) is 6.60. The van der Waals surface area contributed by atoms with Crippen LogP contribution in [-0.4, -0.2) is 31.3 Å². The van der Waals surface area contributed by atoms with Gasteiger partial charge in [0.25, 0.3) is 0 Å². The SMILES string of the molecule is CC[n+]1ccnc2cc(N3CCOCC3)c(F)cc21. The summed E-state index contributed by atoms with van der Waals surface area (Å²) < 4.78 is 21.6. The van der Waals surface area contributed by atoms with Crippen LogP contribution in [0.25, 0.3) is 11.0 Å². The Bertz CT molecular complexity index is 597. The predicted octanol–water partition coefficient (Wildman–Crippen LogP) is 1.52. The number of hydrogen-bond acceptors (Lipinski definition) is 3. The lowest BCUT2D eigenvalue weighted by atomic mass is 10.2. The monoisotopic (exact) mass is 262 g/mol. The molecule has 1 aliphatic rings. The number of aromatic nitrogens is 2. The van der Waals surface area contributed by atoms with Crippen LogP contribution in [0.4, 0.5) is 10.1 Å². The fourth-order valence-corrected chi connectivity index (χ4v) is 2.47. The highest BCUT2D eigenvalue weighted by Crippen LogP contribution is 2.24. The Balaban J connectivity index is 2.09. The van der Waals surface area contributed by atoms with Crippen molar-refractivity contribution in [1.29, 1.82) is 0 Å². The molecule has 4 nitrogen and oxygen atoms in total. The van der Waals surface area contributed by atoms with Gasteiger partial charge in [-0.05, 0) is 13.0 Å². The summed E-state index contributed by atoms with van der Waals surface area (Å²) in [6.45, 7) is 5.58. The van der Waals surface area contributed by atoms with E-state index in [1.165, 1.54) is 0 Å². The molecule has 0 aliphatic carbocycles. The van der Waals surface area contributed by atoms with E-state index in [1.807, 2.05) is 28.7 Å². The third-order valence-corrected chi connectivity index (χ3v) is 3.51. The van der Waals surface area contributed by atoms with Gasteiger partial charge in [0, 0.05) is 13.1 Å². The topological polar surface area (TPSA) is 29.2 Å². The van der Waals surface area contributed by atoms with Crippen LogP contribution >= 0.6 is 0 Å². The van der Waals surface area contributed by atoms with Crippen molar-refractivity contribution in [2.24, 2.45) is 0 Å². The maximum atomic E-state index is 14.3. The van der Waals surface area contributed by atoms with Gasteiger partial charge in [-0.25, -0.2) is 9.37 Å². The first-order chi connectivity index (χ1) is 9.29. The van der Waals surface area contributed by atoms with Gasteiger partial charge in [-0.2, -0.15) is 4.57 Å². The Hall–Kier alpha value is -1.75. The molecule has 0 amide bonds. The van der Waals surface area contributed by atoms with E-state index in [2.05, 4.69) is 4.98 Å². The van der Waals surface area contributed by atoms with Gasteiger partial charge >= 0.3 is 0 Å². The molecule has 0 saturated carbocycles. The van der Waals surface area contributed by atoms with Crippen molar-refractivity contribution in [3.63, 3.8) is 0 Å². The Morgan fingerprint density at radius 2 is 2.16 bits per heavy atom. The highest BCUT2D eigenvalue weighted by molar-refractivity contribution is 5.76. The number of morpholine rings is 1. The van der Waals surface area contributed by atoms with Crippen LogP contribution in [0.2, 0.25) is 0 Å². The van der Waals surface area contributed by atoms with E-state index in [0.717, 1.165) is 30.7 Å². The Morgan fingerprint density at radius 1 is 1.37 bits per heavy atom. The molecule has 0 spiro atoms. The zero-order valence-corrected chi connectivity index (χ0v) is 11.0. The van der Waals surface area contributed by atoms with Crippen molar-refractivity contribution < 1.29 is 13.7 Å². The average molecular weight is 262 g/mol. The molecule has 2 heterocycles. The second-order valence-corrected chi connectivity index (χ2v) is 4.61. The number of ether oxygens (including phenoxy) is 1. The minimum atomic E-state index is -0.190. The molecular formula is C14H17FN3O+. The minimum Gasteiger partial charge on any atom is -0.378 e. The van der Waals surface area contributed by atoms with Gasteiger partial charge in [-0.1, -0.05) is 0 Å². The van der Waals surface area contributed by atoms with Crippen molar-refractivity contribution in [2.45, 2.75) is 13.5 Å². The summed E-state index contributed by atoms with van der Waals surface area (Å²) in [5.74, 6) is -0.190. The molecule has 0 unspecified atom stereocenters. The van der Waals surface area contributed by atoms with Crippen molar-refractivity contribution >= 4 is 16.7 Å². The third-order valence-electron chi connectivity index (χ3n) is 3.51. The van der Waals surface area contributed by atoms with Gasteiger partial charge in [0.2, 0.25) is 5.52 Å². The molecule has 1 fully saturated rings. The van der Waals surface area contributed by atoms with Gasteiger partial charge < -0.3 is 9.64 Å². The molecule has 0 N–H and O–H groups in total. The maximum absolute atomic E-state index is 14.3. The van der Waals surface area contributed by atoms with E-state index in [0.29, 0.717) is 18.9 Å². The molecule has 1 aromatic carbocycles. The summed E-state index contributed by atoms with van der Waals surface area (Å²) in [5, 5.41) is 0. The van der Waals surface area contributed by atoms with Crippen LogP contribution in [-0.2, 0) is 11.3 Å².